The maximum Gasteiger partial charge on any atom is 0.307 e. The molecule has 124 valence electrons. The van der Waals surface area contributed by atoms with E-state index in [2.05, 4.69) is 34.7 Å². The van der Waals surface area contributed by atoms with Crippen LogP contribution in [0, 0.1) is 51.9 Å². The van der Waals surface area contributed by atoms with Crippen molar-refractivity contribution < 1.29 is 0 Å². The molecule has 4 rings (SSSR count). The number of aromatic nitrogens is 6. The molecule has 3 heterocycles. The topological polar surface area (TPSA) is 177 Å². The molecule has 28 heavy (non-hydrogen) atoms. The Morgan fingerprint density at radius 3 is 1.64 bits per heavy atom. The quantitative estimate of drug-likeness (QED) is 0.330. The third kappa shape index (κ3) is 2.11. The normalized spacial score (nSPS) is 9.96. The fraction of sp³-hybridized carbons (Fsp3) is 0. The van der Waals surface area contributed by atoms with Crippen LogP contribution >= 0.6 is 0 Å². The van der Waals surface area contributed by atoms with Crippen molar-refractivity contribution in [2.75, 3.05) is 0 Å². The van der Waals surface area contributed by atoms with Gasteiger partial charge in [-0.2, -0.15) is 21.0 Å². The van der Waals surface area contributed by atoms with E-state index in [-0.39, 0.29) is 61.7 Å². The van der Waals surface area contributed by atoms with Crippen LogP contribution in [-0.2, 0) is 0 Å². The fourth-order valence-electron chi connectivity index (χ4n) is 2.61. The highest BCUT2D eigenvalue weighted by molar-refractivity contribution is 6.18. The van der Waals surface area contributed by atoms with E-state index in [4.69, 9.17) is 11.8 Å². The first kappa shape index (κ1) is 16.2. The summed E-state index contributed by atoms with van der Waals surface area (Å²) in [6.07, 6.45) is 1.22. The summed E-state index contributed by atoms with van der Waals surface area (Å²) in [7, 11) is 0. The molecule has 0 saturated heterocycles. The Labute approximate surface area is 155 Å². The van der Waals surface area contributed by atoms with E-state index in [1.165, 1.54) is 6.20 Å². The zero-order valence-electron chi connectivity index (χ0n) is 13.5. The number of nitrogens with zero attached hydrogens (tertiary/aromatic N) is 11. The number of benzene rings is 1. The fourth-order valence-corrected chi connectivity index (χ4v) is 2.61. The van der Waals surface area contributed by atoms with Crippen LogP contribution in [0.4, 0.5) is 5.82 Å². The van der Waals surface area contributed by atoms with Gasteiger partial charge >= 0.3 is 5.82 Å². The Bertz CT molecular complexity index is 1520. The van der Waals surface area contributed by atoms with E-state index >= 15 is 0 Å². The van der Waals surface area contributed by atoms with Crippen LogP contribution in [0.2, 0.25) is 0 Å². The van der Waals surface area contributed by atoms with Crippen LogP contribution in [-0.4, -0.2) is 29.9 Å². The minimum absolute atomic E-state index is 0.00942. The van der Waals surface area contributed by atoms with Gasteiger partial charge in [-0.05, 0) is 0 Å². The van der Waals surface area contributed by atoms with Crippen LogP contribution in [0.5, 0.6) is 0 Å². The molecule has 0 aliphatic heterocycles. The van der Waals surface area contributed by atoms with E-state index in [9.17, 15) is 15.8 Å². The lowest BCUT2D eigenvalue weighted by atomic mass is 10.1. The molecular weight excluding hydrogens is 358 g/mol. The molecule has 3 aromatic heterocycles. The van der Waals surface area contributed by atoms with Crippen molar-refractivity contribution in [2.24, 2.45) is 0 Å². The molecule has 0 radical (unpaired) electrons. The van der Waals surface area contributed by atoms with E-state index < -0.39 is 0 Å². The minimum atomic E-state index is -0.241. The molecule has 0 aliphatic rings. The summed E-state index contributed by atoms with van der Waals surface area (Å²) in [6.45, 7) is 7.20. The lowest BCUT2D eigenvalue weighted by Crippen LogP contribution is -2.02. The highest BCUT2D eigenvalue weighted by Gasteiger charge is 2.23. The monoisotopic (exact) mass is 359 g/mol. The number of rotatable bonds is 0. The first-order valence-corrected chi connectivity index (χ1v) is 7.35. The van der Waals surface area contributed by atoms with Gasteiger partial charge < -0.3 is 4.85 Å². The van der Waals surface area contributed by atoms with Crippen LogP contribution in [0.1, 0.15) is 22.8 Å². The van der Waals surface area contributed by atoms with Gasteiger partial charge in [0.15, 0.2) is 22.8 Å². The Kier molecular flexibility index (Phi) is 3.40. The second-order valence-electron chi connectivity index (χ2n) is 5.22. The summed E-state index contributed by atoms with van der Waals surface area (Å²) < 4.78 is 0. The molecule has 0 fully saturated rings. The van der Waals surface area contributed by atoms with Crippen molar-refractivity contribution >= 4 is 38.9 Å². The molecule has 0 N–H and O–H groups in total. The minimum Gasteiger partial charge on any atom is -0.358 e. The molecular formula is C17HN11. The number of hydrogen-bond acceptors (Lipinski definition) is 10. The van der Waals surface area contributed by atoms with Gasteiger partial charge in [0.1, 0.15) is 51.9 Å². The van der Waals surface area contributed by atoms with Crippen molar-refractivity contribution in [1.29, 1.82) is 21.0 Å². The summed E-state index contributed by atoms with van der Waals surface area (Å²) >= 11 is 0. The van der Waals surface area contributed by atoms with Crippen LogP contribution in [0.3, 0.4) is 0 Å². The largest absolute Gasteiger partial charge is 0.358 e. The third-order valence-corrected chi connectivity index (χ3v) is 3.76. The van der Waals surface area contributed by atoms with Crippen molar-refractivity contribution in [1.82, 2.24) is 29.9 Å². The summed E-state index contributed by atoms with van der Waals surface area (Å²) in [6, 6.07) is 7.21. The smallest absolute Gasteiger partial charge is 0.307 e. The molecule has 0 spiro atoms. The molecule has 0 amide bonds. The lowest BCUT2D eigenvalue weighted by molar-refractivity contribution is 1.18. The number of nitriles is 4. The van der Waals surface area contributed by atoms with Crippen LogP contribution in [0.25, 0.3) is 37.9 Å². The SMILES string of the molecule is [C-]#[N+]c1nc2c3ncc(C#N)nc3c3nc(C#N)c(C#N)nc3c2nc1C#N. The summed E-state index contributed by atoms with van der Waals surface area (Å²) in [5.41, 5.74) is -0.0816. The summed E-state index contributed by atoms with van der Waals surface area (Å²) in [5.74, 6) is -0.232. The summed E-state index contributed by atoms with van der Waals surface area (Å²) in [5, 5.41) is 36.9. The first-order valence-electron chi connectivity index (χ1n) is 7.35. The van der Waals surface area contributed by atoms with Gasteiger partial charge in [0.2, 0.25) is 5.52 Å². The molecule has 0 bridgehead atoms. The number of hydrogen-bond donors (Lipinski definition) is 0. The van der Waals surface area contributed by atoms with Gasteiger partial charge in [-0.15, -0.1) is 4.98 Å². The maximum atomic E-state index is 9.26. The van der Waals surface area contributed by atoms with Crippen molar-refractivity contribution in [2.45, 2.75) is 0 Å². The highest BCUT2D eigenvalue weighted by atomic mass is 15.0. The maximum absolute atomic E-state index is 9.26. The third-order valence-electron chi connectivity index (χ3n) is 3.76. The molecule has 11 nitrogen and oxygen atoms in total. The van der Waals surface area contributed by atoms with Crippen LogP contribution < -0.4 is 0 Å². The van der Waals surface area contributed by atoms with E-state index in [1.54, 1.807) is 18.2 Å². The van der Waals surface area contributed by atoms with Crippen molar-refractivity contribution in [3.8, 4) is 24.3 Å². The molecule has 0 saturated carbocycles. The molecule has 0 unspecified atom stereocenters. The predicted octanol–water partition coefficient (Wildman–Crippen LogP) is 1.55. The molecule has 0 atom stereocenters. The Morgan fingerprint density at radius 2 is 1.14 bits per heavy atom. The second-order valence-corrected chi connectivity index (χ2v) is 5.22. The van der Waals surface area contributed by atoms with Gasteiger partial charge in [-0.3, -0.25) is 0 Å². The first-order chi connectivity index (χ1) is 13.6. The van der Waals surface area contributed by atoms with E-state index in [0.717, 1.165) is 0 Å². The number of fused-ring (bicyclic) bond motifs is 6. The summed E-state index contributed by atoms with van der Waals surface area (Å²) in [4.78, 5) is 28.1. The van der Waals surface area contributed by atoms with Crippen LogP contribution in [0.15, 0.2) is 6.20 Å². The van der Waals surface area contributed by atoms with Gasteiger partial charge in [0.25, 0.3) is 0 Å². The van der Waals surface area contributed by atoms with Gasteiger partial charge in [-0.1, -0.05) is 6.57 Å². The molecule has 0 aliphatic carbocycles. The van der Waals surface area contributed by atoms with E-state index in [0.29, 0.717) is 0 Å². The Balaban J connectivity index is 2.39. The Hall–Kier alpha value is -5.31. The average Bonchev–Trinajstić information content (AvgIpc) is 2.76. The highest BCUT2D eigenvalue weighted by Crippen LogP contribution is 2.31. The zero-order chi connectivity index (χ0) is 19.8. The van der Waals surface area contributed by atoms with Crippen molar-refractivity contribution in [3.05, 3.63) is 40.4 Å². The van der Waals surface area contributed by atoms with Gasteiger partial charge in [-0.25, -0.2) is 24.9 Å². The van der Waals surface area contributed by atoms with Gasteiger partial charge in [0.05, 0.1) is 6.20 Å². The standard InChI is InChI=1S/C17HN11/c1-22-17-10(5-21)27-15-13(28-17)11-12(24-7(2-18)6-23-11)14-16(15)26-9(4-20)8(3-19)25-14/h6H. The second kappa shape index (κ2) is 5.89. The molecule has 11 heteroatoms. The molecule has 4 aromatic rings. The Morgan fingerprint density at radius 1 is 0.643 bits per heavy atom. The zero-order valence-corrected chi connectivity index (χ0v) is 13.5. The van der Waals surface area contributed by atoms with Gasteiger partial charge in [0, 0.05) is 0 Å². The molecule has 1 aromatic carbocycles. The average molecular weight is 359 g/mol. The van der Waals surface area contributed by atoms with E-state index in [1.807, 2.05) is 6.07 Å². The van der Waals surface area contributed by atoms with Crippen molar-refractivity contribution in [3.63, 3.8) is 0 Å². The predicted molar refractivity (Wildman–Crippen MR) is 90.9 cm³/mol. The lowest BCUT2D eigenvalue weighted by Gasteiger charge is -2.06.